The van der Waals surface area contributed by atoms with Crippen molar-refractivity contribution in [3.63, 3.8) is 0 Å². The first-order valence-corrected chi connectivity index (χ1v) is 9.61. The van der Waals surface area contributed by atoms with E-state index in [0.717, 1.165) is 11.3 Å². The zero-order chi connectivity index (χ0) is 20.8. The van der Waals surface area contributed by atoms with Gasteiger partial charge in [0.1, 0.15) is 0 Å². The lowest BCUT2D eigenvalue weighted by molar-refractivity contribution is -0.0991. The van der Waals surface area contributed by atoms with Gasteiger partial charge in [-0.15, -0.1) is 0 Å². The number of piperidine rings is 1. The molecule has 0 aliphatic carbocycles. The van der Waals surface area contributed by atoms with Crippen molar-refractivity contribution in [2.24, 2.45) is 7.05 Å². The van der Waals surface area contributed by atoms with E-state index in [2.05, 4.69) is 10.1 Å². The summed E-state index contributed by atoms with van der Waals surface area (Å²) in [5.41, 5.74) is 1.72. The van der Waals surface area contributed by atoms with Crippen molar-refractivity contribution < 1.29 is 18.7 Å². The van der Waals surface area contributed by atoms with E-state index < -0.39 is 17.3 Å². The monoisotopic (exact) mass is 401 g/mol. The molecule has 0 radical (unpaired) electrons. The first kappa shape index (κ1) is 19.5. The second-order valence-electron chi connectivity index (χ2n) is 7.87. The Hall–Kier alpha value is -2.81. The molecule has 1 spiro atoms. The Morgan fingerprint density at radius 3 is 2.62 bits per heavy atom. The van der Waals surface area contributed by atoms with Gasteiger partial charge in [0.15, 0.2) is 17.2 Å². The Bertz CT molecular complexity index is 963. The van der Waals surface area contributed by atoms with Crippen molar-refractivity contribution >= 4 is 11.8 Å². The normalized spacial score (nSPS) is 17.9. The number of halogens is 1. The van der Waals surface area contributed by atoms with Crippen LogP contribution in [0.4, 0.5) is 4.39 Å². The first-order valence-electron chi connectivity index (χ1n) is 9.61. The Morgan fingerprint density at radius 2 is 1.97 bits per heavy atom. The minimum absolute atomic E-state index is 0.140. The predicted molar refractivity (Wildman–Crippen MR) is 102 cm³/mol. The fourth-order valence-electron chi connectivity index (χ4n) is 4.07. The summed E-state index contributed by atoms with van der Waals surface area (Å²) in [5, 5.41) is 4.41. The van der Waals surface area contributed by atoms with E-state index in [1.165, 1.54) is 23.2 Å². The van der Waals surface area contributed by atoms with E-state index in [9.17, 15) is 14.0 Å². The van der Waals surface area contributed by atoms with Crippen LogP contribution < -0.4 is 0 Å². The zero-order valence-corrected chi connectivity index (χ0v) is 16.8. The van der Waals surface area contributed by atoms with Crippen molar-refractivity contribution in [2.45, 2.75) is 31.5 Å². The molecular formula is C20H24FN5O3. The van der Waals surface area contributed by atoms with Gasteiger partial charge in [-0.25, -0.2) is 9.37 Å². The second kappa shape index (κ2) is 7.22. The minimum atomic E-state index is -0.607. The second-order valence-corrected chi connectivity index (χ2v) is 7.87. The Labute approximate surface area is 168 Å². The summed E-state index contributed by atoms with van der Waals surface area (Å²) in [5.74, 6) is -1.14. The molecule has 2 aromatic heterocycles. The average molecular weight is 401 g/mol. The van der Waals surface area contributed by atoms with Gasteiger partial charge in [0.05, 0.1) is 12.2 Å². The van der Waals surface area contributed by atoms with E-state index in [1.807, 2.05) is 7.05 Å². The van der Waals surface area contributed by atoms with Crippen LogP contribution in [0, 0.1) is 5.82 Å². The van der Waals surface area contributed by atoms with Gasteiger partial charge >= 0.3 is 0 Å². The molecule has 2 amide bonds. The molecule has 2 aliphatic rings. The van der Waals surface area contributed by atoms with Gasteiger partial charge in [-0.2, -0.15) is 5.10 Å². The fourth-order valence-corrected chi connectivity index (χ4v) is 4.07. The average Bonchev–Trinajstić information content (AvgIpc) is 3.03. The lowest BCUT2D eigenvalue weighted by Crippen LogP contribution is -2.51. The van der Waals surface area contributed by atoms with Crippen molar-refractivity contribution in [3.05, 3.63) is 46.8 Å². The molecule has 0 N–H and O–H groups in total. The van der Waals surface area contributed by atoms with Crippen LogP contribution in [-0.4, -0.2) is 69.2 Å². The summed E-state index contributed by atoms with van der Waals surface area (Å²) in [6.07, 6.45) is 3.32. The lowest BCUT2D eigenvalue weighted by atomic mass is 9.83. The van der Waals surface area contributed by atoms with Gasteiger partial charge in [0, 0.05) is 58.1 Å². The summed E-state index contributed by atoms with van der Waals surface area (Å²) in [6, 6.07) is 2.71. The lowest BCUT2D eigenvalue weighted by Gasteiger charge is -2.43. The molecular weight excluding hydrogens is 377 g/mol. The van der Waals surface area contributed by atoms with E-state index in [1.54, 1.807) is 23.7 Å². The van der Waals surface area contributed by atoms with Crippen LogP contribution >= 0.6 is 0 Å². The van der Waals surface area contributed by atoms with Gasteiger partial charge in [-0.1, -0.05) is 0 Å². The Morgan fingerprint density at radius 1 is 1.24 bits per heavy atom. The highest BCUT2D eigenvalue weighted by atomic mass is 19.1. The quantitative estimate of drug-likeness (QED) is 0.760. The van der Waals surface area contributed by atoms with E-state index in [-0.39, 0.29) is 11.6 Å². The van der Waals surface area contributed by atoms with Gasteiger partial charge in [0.25, 0.3) is 11.8 Å². The maximum absolute atomic E-state index is 13.9. The minimum Gasteiger partial charge on any atom is -0.370 e. The van der Waals surface area contributed by atoms with Gasteiger partial charge < -0.3 is 14.5 Å². The number of likely N-dealkylation sites (tertiary alicyclic amines) is 1. The molecule has 0 aromatic carbocycles. The van der Waals surface area contributed by atoms with Crippen LogP contribution in [0.25, 0.3) is 0 Å². The zero-order valence-electron chi connectivity index (χ0n) is 16.8. The van der Waals surface area contributed by atoms with Gasteiger partial charge in [-0.3, -0.25) is 14.3 Å². The number of fused-ring (bicyclic) bond motifs is 1. The third-order valence-corrected chi connectivity index (χ3v) is 5.82. The van der Waals surface area contributed by atoms with Crippen molar-refractivity contribution in [2.75, 3.05) is 27.2 Å². The highest BCUT2D eigenvalue weighted by Crippen LogP contribution is 2.37. The maximum Gasteiger partial charge on any atom is 0.275 e. The molecule has 8 nitrogen and oxygen atoms in total. The summed E-state index contributed by atoms with van der Waals surface area (Å²) < 4.78 is 21.9. The first-order chi connectivity index (χ1) is 13.8. The molecule has 0 saturated carbocycles. The number of rotatable bonds is 2. The Kier molecular flexibility index (Phi) is 4.85. The molecule has 2 aromatic rings. The Balaban J connectivity index is 1.49. The number of aryl methyl sites for hydroxylation is 1. The smallest absolute Gasteiger partial charge is 0.275 e. The van der Waals surface area contributed by atoms with Crippen molar-refractivity contribution in [1.82, 2.24) is 24.6 Å². The predicted octanol–water partition coefficient (Wildman–Crippen LogP) is 1.40. The molecule has 0 unspecified atom stereocenters. The van der Waals surface area contributed by atoms with Crippen LogP contribution in [-0.2, 0) is 24.8 Å². The number of carbonyl (C=O) groups is 2. The summed E-state index contributed by atoms with van der Waals surface area (Å²) in [6.45, 7) is 1.25. The number of hydrogen-bond acceptors (Lipinski definition) is 5. The van der Waals surface area contributed by atoms with E-state index >= 15 is 0 Å². The number of aromatic nitrogens is 3. The van der Waals surface area contributed by atoms with E-state index in [4.69, 9.17) is 4.74 Å². The largest absolute Gasteiger partial charge is 0.370 e. The highest BCUT2D eigenvalue weighted by Gasteiger charge is 2.43. The molecule has 0 bridgehead atoms. The van der Waals surface area contributed by atoms with Crippen LogP contribution in [0.3, 0.4) is 0 Å². The van der Waals surface area contributed by atoms with Crippen molar-refractivity contribution in [1.29, 1.82) is 0 Å². The molecule has 154 valence electrons. The third-order valence-electron chi connectivity index (χ3n) is 5.82. The van der Waals surface area contributed by atoms with Crippen LogP contribution in [0.5, 0.6) is 0 Å². The van der Waals surface area contributed by atoms with E-state index in [0.29, 0.717) is 44.7 Å². The molecule has 1 fully saturated rings. The number of pyridine rings is 1. The molecule has 4 heterocycles. The highest BCUT2D eigenvalue weighted by molar-refractivity contribution is 5.94. The topological polar surface area (TPSA) is 80.6 Å². The van der Waals surface area contributed by atoms with Crippen molar-refractivity contribution in [3.8, 4) is 0 Å². The summed E-state index contributed by atoms with van der Waals surface area (Å²) in [4.78, 5) is 32.0. The number of amides is 2. The molecule has 4 rings (SSSR count). The maximum atomic E-state index is 13.9. The number of nitrogens with zero attached hydrogens (tertiary/aromatic N) is 5. The molecule has 29 heavy (non-hydrogen) atoms. The van der Waals surface area contributed by atoms with Crippen LogP contribution in [0.1, 0.15) is 45.1 Å². The van der Waals surface area contributed by atoms with Crippen LogP contribution in [0.2, 0.25) is 0 Å². The molecule has 9 heteroatoms. The number of carbonyl (C=O) groups excluding carboxylic acids is 2. The summed E-state index contributed by atoms with van der Waals surface area (Å²) >= 11 is 0. The third kappa shape index (κ3) is 3.39. The fraction of sp³-hybridized carbons (Fsp3) is 0.500. The van der Waals surface area contributed by atoms with Crippen LogP contribution in [0.15, 0.2) is 18.3 Å². The van der Waals surface area contributed by atoms with Gasteiger partial charge in [0.2, 0.25) is 0 Å². The standard InChI is InChI=1S/C20H24FN5O3/c1-24(2)18(27)16-13-12-29-20(11-15(13)25(3)23-16)6-9-26(10-7-20)19(28)17-14(21)5-4-8-22-17/h4-5,8H,6-7,9-12H2,1-3H3. The number of ether oxygens (including phenoxy) is 1. The number of hydrogen-bond donors (Lipinski definition) is 0. The molecule has 0 atom stereocenters. The SMILES string of the molecule is CN(C)C(=O)c1nn(C)c2c1COC1(CCN(C(=O)c3ncccc3F)CC1)C2. The molecule has 1 saturated heterocycles. The molecule has 2 aliphatic heterocycles. The summed E-state index contributed by atoms with van der Waals surface area (Å²) in [7, 11) is 5.24. The van der Waals surface area contributed by atoms with Gasteiger partial charge in [-0.05, 0) is 25.0 Å².